The summed E-state index contributed by atoms with van der Waals surface area (Å²) >= 11 is 1.53. The van der Waals surface area contributed by atoms with E-state index < -0.39 is 4.92 Å². The first kappa shape index (κ1) is 18.5. The highest BCUT2D eigenvalue weighted by Gasteiger charge is 2.08. The normalized spacial score (nSPS) is 10.5. The first-order valence-corrected chi connectivity index (χ1v) is 9.03. The van der Waals surface area contributed by atoms with E-state index in [4.69, 9.17) is 0 Å². The number of rotatable bonds is 7. The summed E-state index contributed by atoms with van der Waals surface area (Å²) in [4.78, 5) is 35.0. The van der Waals surface area contributed by atoms with E-state index in [1.165, 1.54) is 34.2 Å². The zero-order chi connectivity index (χ0) is 19.2. The van der Waals surface area contributed by atoms with Crippen LogP contribution in [0.2, 0.25) is 0 Å². The molecule has 8 nitrogen and oxygen atoms in total. The van der Waals surface area contributed by atoms with Gasteiger partial charge >= 0.3 is 0 Å². The van der Waals surface area contributed by atoms with E-state index in [1.54, 1.807) is 18.2 Å². The van der Waals surface area contributed by atoms with Crippen molar-refractivity contribution in [3.63, 3.8) is 0 Å². The quantitative estimate of drug-likeness (QED) is 0.496. The van der Waals surface area contributed by atoms with E-state index in [0.717, 1.165) is 4.88 Å². The van der Waals surface area contributed by atoms with Gasteiger partial charge in [-0.3, -0.25) is 19.7 Å². The van der Waals surface area contributed by atoms with Gasteiger partial charge in [-0.15, -0.1) is 11.3 Å². The highest BCUT2D eigenvalue weighted by molar-refractivity contribution is 7.13. The highest BCUT2D eigenvalue weighted by atomic mass is 32.1. The Kier molecular flexibility index (Phi) is 5.72. The van der Waals surface area contributed by atoms with Crippen molar-refractivity contribution in [2.24, 2.45) is 0 Å². The average Bonchev–Trinajstić information content (AvgIpc) is 3.18. The van der Waals surface area contributed by atoms with Gasteiger partial charge in [-0.25, -0.2) is 4.68 Å². The first-order valence-electron chi connectivity index (χ1n) is 8.15. The van der Waals surface area contributed by atoms with E-state index >= 15 is 0 Å². The lowest BCUT2D eigenvalue weighted by Crippen LogP contribution is -2.32. The van der Waals surface area contributed by atoms with Crippen LogP contribution < -0.4 is 10.9 Å². The van der Waals surface area contributed by atoms with Gasteiger partial charge in [0.1, 0.15) is 5.69 Å². The Hall–Kier alpha value is -3.33. The van der Waals surface area contributed by atoms with E-state index in [0.29, 0.717) is 11.3 Å². The van der Waals surface area contributed by atoms with E-state index in [1.807, 2.05) is 17.5 Å². The Morgan fingerprint density at radius 1 is 1.19 bits per heavy atom. The molecule has 0 aliphatic carbocycles. The van der Waals surface area contributed by atoms with Crippen LogP contribution in [0.25, 0.3) is 10.6 Å². The van der Waals surface area contributed by atoms with Gasteiger partial charge in [0.25, 0.3) is 11.2 Å². The standard InChI is InChI=1S/C18H16N4O4S/c23-17(12-13-3-5-14(6-4-13)22(25)26)19-9-10-21-18(24)8-7-15(20-21)16-2-1-11-27-16/h1-8,11H,9-10,12H2,(H,19,23). The van der Waals surface area contributed by atoms with Crippen molar-refractivity contribution in [3.05, 3.63) is 79.9 Å². The maximum Gasteiger partial charge on any atom is 0.269 e. The minimum absolute atomic E-state index is 0.0183. The molecule has 27 heavy (non-hydrogen) atoms. The molecule has 0 bridgehead atoms. The van der Waals surface area contributed by atoms with Crippen LogP contribution in [-0.2, 0) is 17.8 Å². The van der Waals surface area contributed by atoms with E-state index in [-0.39, 0.29) is 36.7 Å². The third-order valence-electron chi connectivity index (χ3n) is 3.80. The predicted octanol–water partition coefficient (Wildman–Crippen LogP) is 2.24. The van der Waals surface area contributed by atoms with Gasteiger partial charge in [0.05, 0.1) is 22.8 Å². The number of nitro groups is 1. The SMILES string of the molecule is O=C(Cc1ccc([N+](=O)[O-])cc1)NCCn1nc(-c2cccs2)ccc1=O. The molecule has 0 saturated carbocycles. The minimum atomic E-state index is -0.487. The molecule has 0 radical (unpaired) electrons. The number of carbonyl (C=O) groups excluding carboxylic acids is 1. The number of nitrogens with zero attached hydrogens (tertiary/aromatic N) is 3. The number of thiophene rings is 1. The monoisotopic (exact) mass is 384 g/mol. The number of hydrogen-bond donors (Lipinski definition) is 1. The number of aromatic nitrogens is 2. The molecule has 138 valence electrons. The van der Waals surface area contributed by atoms with Crippen LogP contribution in [-0.4, -0.2) is 27.2 Å². The van der Waals surface area contributed by atoms with Crippen molar-refractivity contribution in [1.82, 2.24) is 15.1 Å². The van der Waals surface area contributed by atoms with Gasteiger partial charge in [0, 0.05) is 24.7 Å². The maximum absolute atomic E-state index is 12.0. The van der Waals surface area contributed by atoms with Crippen molar-refractivity contribution >= 4 is 22.9 Å². The third-order valence-corrected chi connectivity index (χ3v) is 4.69. The van der Waals surface area contributed by atoms with Crippen LogP contribution in [0.15, 0.2) is 58.7 Å². The second-order valence-electron chi connectivity index (χ2n) is 5.71. The lowest BCUT2D eigenvalue weighted by atomic mass is 10.1. The second kappa shape index (κ2) is 8.37. The molecule has 2 aromatic heterocycles. The number of amides is 1. The molecule has 1 amide bonds. The lowest BCUT2D eigenvalue weighted by Gasteiger charge is -2.08. The molecule has 1 N–H and O–H groups in total. The summed E-state index contributed by atoms with van der Waals surface area (Å²) in [6.45, 7) is 0.511. The Balaban J connectivity index is 1.55. The summed E-state index contributed by atoms with van der Waals surface area (Å²) in [6, 6.07) is 12.8. The van der Waals surface area contributed by atoms with Crippen molar-refractivity contribution in [3.8, 4) is 10.6 Å². The minimum Gasteiger partial charge on any atom is -0.354 e. The topological polar surface area (TPSA) is 107 Å². The number of nitrogens with one attached hydrogen (secondary N) is 1. The smallest absolute Gasteiger partial charge is 0.269 e. The van der Waals surface area contributed by atoms with Gasteiger partial charge < -0.3 is 5.32 Å². The summed E-state index contributed by atoms with van der Waals surface area (Å²) in [6.07, 6.45) is 0.107. The van der Waals surface area contributed by atoms with Crippen LogP contribution in [0, 0.1) is 10.1 Å². The highest BCUT2D eigenvalue weighted by Crippen LogP contribution is 2.21. The van der Waals surface area contributed by atoms with Gasteiger partial charge in [-0.2, -0.15) is 5.10 Å². The molecule has 0 spiro atoms. The van der Waals surface area contributed by atoms with Gasteiger partial charge in [0.2, 0.25) is 5.91 Å². The largest absolute Gasteiger partial charge is 0.354 e. The Morgan fingerprint density at radius 3 is 2.63 bits per heavy atom. The summed E-state index contributed by atoms with van der Waals surface area (Å²) in [7, 11) is 0. The van der Waals surface area contributed by atoms with Gasteiger partial charge in [-0.1, -0.05) is 18.2 Å². The van der Waals surface area contributed by atoms with Crippen molar-refractivity contribution in [2.45, 2.75) is 13.0 Å². The Labute approximate surface area is 158 Å². The molecule has 3 aromatic rings. The lowest BCUT2D eigenvalue weighted by molar-refractivity contribution is -0.384. The zero-order valence-electron chi connectivity index (χ0n) is 14.2. The molecule has 1 aromatic carbocycles. The fourth-order valence-electron chi connectivity index (χ4n) is 2.45. The van der Waals surface area contributed by atoms with E-state index in [9.17, 15) is 19.7 Å². The van der Waals surface area contributed by atoms with Crippen molar-refractivity contribution in [2.75, 3.05) is 6.54 Å². The van der Waals surface area contributed by atoms with Crippen LogP contribution >= 0.6 is 11.3 Å². The average molecular weight is 384 g/mol. The first-order chi connectivity index (χ1) is 13.0. The number of non-ortho nitro benzene ring substituents is 1. The van der Waals surface area contributed by atoms with Gasteiger partial charge in [0.15, 0.2) is 0 Å². The molecule has 0 unspecified atom stereocenters. The number of hydrogen-bond acceptors (Lipinski definition) is 6. The molecule has 0 atom stereocenters. The van der Waals surface area contributed by atoms with Crippen LogP contribution in [0.3, 0.4) is 0 Å². The molecule has 0 saturated heterocycles. The van der Waals surface area contributed by atoms with Crippen molar-refractivity contribution in [1.29, 1.82) is 0 Å². The predicted molar refractivity (Wildman–Crippen MR) is 102 cm³/mol. The maximum atomic E-state index is 12.0. The molecule has 3 rings (SSSR count). The Bertz CT molecular complexity index is 997. The van der Waals surface area contributed by atoms with Crippen LogP contribution in [0.1, 0.15) is 5.56 Å². The molecular formula is C18H16N4O4S. The number of benzene rings is 1. The number of carbonyl (C=O) groups is 1. The summed E-state index contributed by atoms with van der Waals surface area (Å²) < 4.78 is 1.32. The van der Waals surface area contributed by atoms with Crippen molar-refractivity contribution < 1.29 is 9.72 Å². The number of nitro benzene ring substituents is 1. The molecular weight excluding hydrogens is 368 g/mol. The van der Waals surface area contributed by atoms with Crippen LogP contribution in [0.4, 0.5) is 5.69 Å². The zero-order valence-corrected chi connectivity index (χ0v) is 15.0. The fourth-order valence-corrected chi connectivity index (χ4v) is 3.14. The molecule has 9 heteroatoms. The summed E-state index contributed by atoms with van der Waals surface area (Å²) in [5, 5.41) is 19.6. The molecule has 0 aliphatic rings. The van der Waals surface area contributed by atoms with E-state index in [2.05, 4.69) is 10.4 Å². The molecule has 0 fully saturated rings. The van der Waals surface area contributed by atoms with Gasteiger partial charge in [-0.05, 0) is 23.1 Å². The molecule has 0 aliphatic heterocycles. The third kappa shape index (κ3) is 4.85. The fraction of sp³-hybridized carbons (Fsp3) is 0.167. The van der Waals surface area contributed by atoms with Crippen LogP contribution in [0.5, 0.6) is 0 Å². The summed E-state index contributed by atoms with van der Waals surface area (Å²) in [5.41, 5.74) is 1.13. The Morgan fingerprint density at radius 2 is 1.96 bits per heavy atom. The molecule has 2 heterocycles. The summed E-state index contributed by atoms with van der Waals surface area (Å²) in [5.74, 6) is -0.230. The second-order valence-corrected chi connectivity index (χ2v) is 6.66.